The molecule has 1 heterocycles. The number of nitrogens with zero attached hydrogens (tertiary/aromatic N) is 1. The summed E-state index contributed by atoms with van der Waals surface area (Å²) in [6.45, 7) is 2.37. The Morgan fingerprint density at radius 2 is 2.12 bits per heavy atom. The molecule has 0 aliphatic carbocycles. The molecule has 1 aliphatic heterocycles. The number of hydrogen-bond acceptors (Lipinski definition) is 3. The fraction of sp³-hybridized carbons (Fsp3) is 0.462. The van der Waals surface area contributed by atoms with E-state index in [-0.39, 0.29) is 11.9 Å². The Kier molecular flexibility index (Phi) is 3.70. The number of aliphatic hydroxyl groups excluding tert-OH is 1. The van der Waals surface area contributed by atoms with E-state index in [4.69, 9.17) is 0 Å². The second-order valence-electron chi connectivity index (χ2n) is 4.28. The highest BCUT2D eigenvalue weighted by Gasteiger charge is 2.20. The molecule has 1 unspecified atom stereocenters. The first-order valence-corrected chi connectivity index (χ1v) is 5.74. The molecular weight excluding hydrogens is 202 g/mol. The van der Waals surface area contributed by atoms with Crippen molar-refractivity contribution in [1.82, 2.24) is 4.90 Å². The molecule has 0 bridgehead atoms. The summed E-state index contributed by atoms with van der Waals surface area (Å²) in [5.74, 6) is 0.182. The summed E-state index contributed by atoms with van der Waals surface area (Å²) in [7, 11) is 0. The summed E-state index contributed by atoms with van der Waals surface area (Å²) in [6.07, 6.45) is 1.17. The van der Waals surface area contributed by atoms with Gasteiger partial charge < -0.3 is 10.0 Å². The molecule has 1 aromatic carbocycles. The summed E-state index contributed by atoms with van der Waals surface area (Å²) in [5.41, 5.74) is 0.780. The van der Waals surface area contributed by atoms with Crippen molar-refractivity contribution in [3.63, 3.8) is 0 Å². The van der Waals surface area contributed by atoms with Crippen molar-refractivity contribution in [2.45, 2.75) is 18.9 Å². The average Bonchev–Trinajstić information content (AvgIpc) is 2.73. The molecule has 3 nitrogen and oxygen atoms in total. The third-order valence-corrected chi connectivity index (χ3v) is 3.00. The van der Waals surface area contributed by atoms with Gasteiger partial charge in [-0.3, -0.25) is 4.79 Å². The second-order valence-corrected chi connectivity index (χ2v) is 4.28. The summed E-state index contributed by atoms with van der Waals surface area (Å²) >= 11 is 0. The maximum atomic E-state index is 11.8. The minimum absolute atomic E-state index is 0.182. The van der Waals surface area contributed by atoms with Crippen LogP contribution < -0.4 is 0 Å². The summed E-state index contributed by atoms with van der Waals surface area (Å²) in [6, 6.07) is 9.37. The lowest BCUT2D eigenvalue weighted by Gasteiger charge is -2.13. The Hall–Kier alpha value is -1.19. The average molecular weight is 219 g/mol. The fourth-order valence-corrected chi connectivity index (χ4v) is 2.04. The van der Waals surface area contributed by atoms with Crippen molar-refractivity contribution in [2.75, 3.05) is 19.6 Å². The molecule has 0 saturated carbocycles. The first-order valence-electron chi connectivity index (χ1n) is 5.74. The highest BCUT2D eigenvalue weighted by atomic mass is 16.3. The van der Waals surface area contributed by atoms with Gasteiger partial charge in [-0.1, -0.05) is 30.3 Å². The van der Waals surface area contributed by atoms with Crippen molar-refractivity contribution >= 4 is 5.78 Å². The van der Waals surface area contributed by atoms with Crippen LogP contribution in [-0.4, -0.2) is 41.5 Å². The molecule has 1 aromatic rings. The molecule has 1 fully saturated rings. The SMILES string of the molecule is O=C(CCN1CCC(O)C1)c1ccccc1. The fourth-order valence-electron chi connectivity index (χ4n) is 2.04. The molecule has 1 N–H and O–H groups in total. The van der Waals surface area contributed by atoms with E-state index in [9.17, 15) is 9.90 Å². The lowest BCUT2D eigenvalue weighted by atomic mass is 10.1. The molecule has 16 heavy (non-hydrogen) atoms. The second kappa shape index (κ2) is 5.23. The lowest BCUT2D eigenvalue weighted by molar-refractivity contribution is 0.0964. The molecule has 0 radical (unpaired) electrons. The van der Waals surface area contributed by atoms with E-state index in [1.807, 2.05) is 30.3 Å². The number of rotatable bonds is 4. The number of carbonyl (C=O) groups is 1. The van der Waals surface area contributed by atoms with Gasteiger partial charge in [-0.2, -0.15) is 0 Å². The summed E-state index contributed by atoms with van der Waals surface area (Å²) < 4.78 is 0. The van der Waals surface area contributed by atoms with Crippen molar-refractivity contribution in [3.8, 4) is 0 Å². The molecule has 2 rings (SSSR count). The van der Waals surface area contributed by atoms with E-state index >= 15 is 0 Å². The maximum Gasteiger partial charge on any atom is 0.164 e. The Labute approximate surface area is 95.7 Å². The van der Waals surface area contributed by atoms with Gasteiger partial charge in [0.1, 0.15) is 0 Å². The van der Waals surface area contributed by atoms with Crippen LogP contribution in [0.1, 0.15) is 23.2 Å². The molecule has 0 aromatic heterocycles. The van der Waals surface area contributed by atoms with Gasteiger partial charge in [0.2, 0.25) is 0 Å². The van der Waals surface area contributed by atoms with Gasteiger partial charge in [0, 0.05) is 31.6 Å². The van der Waals surface area contributed by atoms with Gasteiger partial charge in [-0.15, -0.1) is 0 Å². The van der Waals surface area contributed by atoms with Gasteiger partial charge in [-0.05, 0) is 6.42 Å². The lowest BCUT2D eigenvalue weighted by Crippen LogP contribution is -2.25. The minimum Gasteiger partial charge on any atom is -0.392 e. The van der Waals surface area contributed by atoms with Crippen LogP contribution in [0.2, 0.25) is 0 Å². The maximum absolute atomic E-state index is 11.8. The molecular formula is C13H17NO2. The van der Waals surface area contributed by atoms with Gasteiger partial charge in [0.15, 0.2) is 5.78 Å². The largest absolute Gasteiger partial charge is 0.392 e. The van der Waals surface area contributed by atoms with E-state index in [0.29, 0.717) is 13.0 Å². The zero-order valence-electron chi connectivity index (χ0n) is 9.30. The minimum atomic E-state index is -0.202. The van der Waals surface area contributed by atoms with E-state index in [1.165, 1.54) is 0 Å². The molecule has 0 amide bonds. The quantitative estimate of drug-likeness (QED) is 0.777. The highest BCUT2D eigenvalue weighted by molar-refractivity contribution is 5.96. The highest BCUT2D eigenvalue weighted by Crippen LogP contribution is 2.10. The third kappa shape index (κ3) is 2.90. The molecule has 1 aliphatic rings. The van der Waals surface area contributed by atoms with Crippen LogP contribution in [0.3, 0.4) is 0 Å². The Balaban J connectivity index is 1.80. The number of aliphatic hydroxyl groups is 1. The van der Waals surface area contributed by atoms with Crippen LogP contribution in [0.25, 0.3) is 0 Å². The summed E-state index contributed by atoms with van der Waals surface area (Å²) in [5, 5.41) is 9.36. The predicted octanol–water partition coefficient (Wildman–Crippen LogP) is 1.33. The molecule has 1 saturated heterocycles. The van der Waals surface area contributed by atoms with Gasteiger partial charge in [0.05, 0.1) is 6.10 Å². The Morgan fingerprint density at radius 1 is 1.38 bits per heavy atom. The predicted molar refractivity (Wildman–Crippen MR) is 62.5 cm³/mol. The van der Waals surface area contributed by atoms with E-state index in [0.717, 1.165) is 25.1 Å². The number of ketones is 1. The van der Waals surface area contributed by atoms with Crippen molar-refractivity contribution < 1.29 is 9.90 Å². The Morgan fingerprint density at radius 3 is 2.75 bits per heavy atom. The standard InChI is InChI=1S/C13H17NO2/c15-12-6-8-14(10-12)9-7-13(16)11-4-2-1-3-5-11/h1-5,12,15H,6-10H2. The van der Waals surface area contributed by atoms with E-state index in [2.05, 4.69) is 4.90 Å². The van der Waals surface area contributed by atoms with Crippen molar-refractivity contribution in [1.29, 1.82) is 0 Å². The van der Waals surface area contributed by atoms with Crippen LogP contribution >= 0.6 is 0 Å². The van der Waals surface area contributed by atoms with E-state index in [1.54, 1.807) is 0 Å². The zero-order chi connectivity index (χ0) is 11.4. The van der Waals surface area contributed by atoms with Gasteiger partial charge in [-0.25, -0.2) is 0 Å². The van der Waals surface area contributed by atoms with Crippen molar-refractivity contribution in [2.24, 2.45) is 0 Å². The molecule has 86 valence electrons. The van der Waals surface area contributed by atoms with Crippen LogP contribution in [0.4, 0.5) is 0 Å². The Bertz CT molecular complexity index is 350. The number of hydrogen-bond donors (Lipinski definition) is 1. The first kappa shape index (κ1) is 11.3. The first-order chi connectivity index (χ1) is 7.75. The molecule has 0 spiro atoms. The van der Waals surface area contributed by atoms with Crippen LogP contribution in [0, 0.1) is 0 Å². The van der Waals surface area contributed by atoms with Crippen LogP contribution in [-0.2, 0) is 0 Å². The number of benzene rings is 1. The van der Waals surface area contributed by atoms with Gasteiger partial charge in [0.25, 0.3) is 0 Å². The third-order valence-electron chi connectivity index (χ3n) is 3.00. The number of carbonyl (C=O) groups excluding carboxylic acids is 1. The van der Waals surface area contributed by atoms with E-state index < -0.39 is 0 Å². The zero-order valence-corrected chi connectivity index (χ0v) is 9.30. The monoisotopic (exact) mass is 219 g/mol. The number of β-amino-alcohol motifs (C(OH)–C–C–N with tert-alkyl or cyclic N) is 1. The van der Waals surface area contributed by atoms with Crippen LogP contribution in [0.5, 0.6) is 0 Å². The topological polar surface area (TPSA) is 40.5 Å². The van der Waals surface area contributed by atoms with Gasteiger partial charge >= 0.3 is 0 Å². The van der Waals surface area contributed by atoms with Crippen molar-refractivity contribution in [3.05, 3.63) is 35.9 Å². The van der Waals surface area contributed by atoms with Crippen LogP contribution in [0.15, 0.2) is 30.3 Å². The molecule has 3 heteroatoms. The summed E-state index contributed by atoms with van der Waals surface area (Å²) in [4.78, 5) is 13.9. The normalized spacial score (nSPS) is 21.2. The number of Topliss-reactive ketones (excluding diaryl/α,β-unsaturated/α-hetero) is 1. The molecule has 1 atom stereocenters. The smallest absolute Gasteiger partial charge is 0.164 e. The number of likely N-dealkylation sites (tertiary alicyclic amines) is 1.